The normalized spacial score (nSPS) is 13.3. The maximum atomic E-state index is 12.1. The lowest BCUT2D eigenvalue weighted by Crippen LogP contribution is -2.35. The second kappa shape index (κ2) is 6.32. The van der Waals surface area contributed by atoms with Gasteiger partial charge in [-0.2, -0.15) is 0 Å². The van der Waals surface area contributed by atoms with E-state index < -0.39 is 6.10 Å². The number of thiophene rings is 1. The highest BCUT2D eigenvalue weighted by Crippen LogP contribution is 2.16. The molecule has 0 aromatic carbocycles. The number of aliphatic hydroxyl groups excluding tert-OH is 1. The fourth-order valence-corrected chi connectivity index (χ4v) is 2.75. The van der Waals surface area contributed by atoms with E-state index in [1.54, 1.807) is 22.1 Å². The van der Waals surface area contributed by atoms with Crippen LogP contribution in [0.4, 0.5) is 0 Å². The van der Waals surface area contributed by atoms with Crippen molar-refractivity contribution < 1.29 is 5.11 Å². The molecule has 2 rings (SSSR count). The highest BCUT2D eigenvalue weighted by atomic mass is 32.1. The zero-order chi connectivity index (χ0) is 13.8. The van der Waals surface area contributed by atoms with Crippen LogP contribution >= 0.6 is 11.3 Å². The Hall–Kier alpha value is -1.17. The van der Waals surface area contributed by atoms with Crippen molar-refractivity contribution in [2.24, 2.45) is 5.92 Å². The van der Waals surface area contributed by atoms with E-state index in [9.17, 15) is 9.90 Å². The maximum absolute atomic E-state index is 12.1. The lowest BCUT2D eigenvalue weighted by Gasteiger charge is -2.14. The van der Waals surface area contributed by atoms with Crippen LogP contribution in [0.25, 0.3) is 10.1 Å². The summed E-state index contributed by atoms with van der Waals surface area (Å²) in [4.78, 5) is 12.1. The smallest absolute Gasteiger partial charge is 0.259 e. The molecule has 2 N–H and O–H groups in total. The van der Waals surface area contributed by atoms with Gasteiger partial charge in [-0.15, -0.1) is 11.3 Å². The molecule has 0 radical (unpaired) electrons. The Morgan fingerprint density at radius 2 is 2.16 bits per heavy atom. The molecule has 1 atom stereocenters. The molecule has 0 aliphatic carbocycles. The van der Waals surface area contributed by atoms with Crippen molar-refractivity contribution in [2.75, 3.05) is 13.1 Å². The summed E-state index contributed by atoms with van der Waals surface area (Å²) in [5.41, 5.74) is -0.0262. The first-order valence-corrected chi connectivity index (χ1v) is 7.41. The minimum atomic E-state index is -0.549. The average Bonchev–Trinajstić information content (AvgIpc) is 2.81. The Kier molecular flexibility index (Phi) is 4.74. The molecule has 104 valence electrons. The van der Waals surface area contributed by atoms with Gasteiger partial charge in [-0.1, -0.05) is 13.8 Å². The van der Waals surface area contributed by atoms with Gasteiger partial charge in [-0.05, 0) is 30.0 Å². The molecular formula is C14H20N2O2S. The van der Waals surface area contributed by atoms with E-state index in [-0.39, 0.29) is 5.56 Å². The highest BCUT2D eigenvalue weighted by Gasteiger charge is 2.09. The van der Waals surface area contributed by atoms with Crippen molar-refractivity contribution in [3.8, 4) is 0 Å². The van der Waals surface area contributed by atoms with Crippen LogP contribution in [0, 0.1) is 5.92 Å². The van der Waals surface area contributed by atoms with E-state index in [2.05, 4.69) is 19.2 Å². The highest BCUT2D eigenvalue weighted by molar-refractivity contribution is 7.17. The van der Waals surface area contributed by atoms with Gasteiger partial charge in [-0.25, -0.2) is 0 Å². The molecule has 0 aliphatic heterocycles. The van der Waals surface area contributed by atoms with E-state index >= 15 is 0 Å². The van der Waals surface area contributed by atoms with Crippen LogP contribution < -0.4 is 10.9 Å². The monoisotopic (exact) mass is 280 g/mol. The lowest BCUT2D eigenvalue weighted by molar-refractivity contribution is 0.149. The summed E-state index contributed by atoms with van der Waals surface area (Å²) in [6.45, 7) is 5.94. The first-order valence-electron chi connectivity index (χ1n) is 6.53. The van der Waals surface area contributed by atoms with Crippen LogP contribution in [-0.4, -0.2) is 28.9 Å². The fraction of sp³-hybridized carbons (Fsp3) is 0.500. The van der Waals surface area contributed by atoms with Gasteiger partial charge in [0.2, 0.25) is 0 Å². The molecule has 0 amide bonds. The predicted octanol–water partition coefficient (Wildman–Crippen LogP) is 1.67. The van der Waals surface area contributed by atoms with Crippen molar-refractivity contribution >= 4 is 21.4 Å². The molecule has 1 unspecified atom stereocenters. The predicted molar refractivity (Wildman–Crippen MR) is 79.8 cm³/mol. The molecule has 0 fully saturated rings. The van der Waals surface area contributed by atoms with Gasteiger partial charge in [0, 0.05) is 17.4 Å². The molecule has 0 aliphatic rings. The van der Waals surface area contributed by atoms with Gasteiger partial charge in [0.1, 0.15) is 0 Å². The summed E-state index contributed by atoms with van der Waals surface area (Å²) >= 11 is 1.56. The molecule has 0 bridgehead atoms. The quantitative estimate of drug-likeness (QED) is 0.846. The average molecular weight is 280 g/mol. The second-order valence-corrected chi connectivity index (χ2v) is 6.13. The van der Waals surface area contributed by atoms with Crippen molar-refractivity contribution in [3.63, 3.8) is 0 Å². The Balaban J connectivity index is 2.00. The molecule has 4 nitrogen and oxygen atoms in total. The van der Waals surface area contributed by atoms with Gasteiger partial charge >= 0.3 is 0 Å². The largest absolute Gasteiger partial charge is 0.390 e. The summed E-state index contributed by atoms with van der Waals surface area (Å²) < 4.78 is 2.57. The number of rotatable bonds is 6. The van der Waals surface area contributed by atoms with Crippen LogP contribution in [-0.2, 0) is 6.54 Å². The Morgan fingerprint density at radius 1 is 1.37 bits per heavy atom. The van der Waals surface area contributed by atoms with Crippen LogP contribution in [0.5, 0.6) is 0 Å². The van der Waals surface area contributed by atoms with E-state index in [0.717, 1.165) is 16.6 Å². The summed E-state index contributed by atoms with van der Waals surface area (Å²) in [7, 11) is 0. The van der Waals surface area contributed by atoms with E-state index in [0.29, 0.717) is 19.0 Å². The van der Waals surface area contributed by atoms with Crippen LogP contribution in [0.2, 0.25) is 0 Å². The van der Waals surface area contributed by atoms with Crippen molar-refractivity contribution in [1.29, 1.82) is 0 Å². The van der Waals surface area contributed by atoms with Crippen LogP contribution in [0.15, 0.2) is 28.5 Å². The summed E-state index contributed by atoms with van der Waals surface area (Å²) in [5.74, 6) is 0.553. The Bertz CT molecular complexity index is 588. The van der Waals surface area contributed by atoms with Gasteiger partial charge in [0.15, 0.2) is 0 Å². The third-order valence-electron chi connectivity index (χ3n) is 2.93. The Labute approximate surface area is 116 Å². The number of hydrogen-bond donors (Lipinski definition) is 2. The van der Waals surface area contributed by atoms with E-state index in [4.69, 9.17) is 0 Å². The van der Waals surface area contributed by atoms with E-state index in [1.807, 2.05) is 17.5 Å². The molecule has 0 spiro atoms. The third-order valence-corrected chi connectivity index (χ3v) is 3.81. The van der Waals surface area contributed by atoms with Crippen LogP contribution in [0.3, 0.4) is 0 Å². The molecule has 0 saturated carbocycles. The van der Waals surface area contributed by atoms with Gasteiger partial charge < -0.3 is 15.0 Å². The van der Waals surface area contributed by atoms with Crippen molar-refractivity contribution in [1.82, 2.24) is 9.88 Å². The van der Waals surface area contributed by atoms with Crippen molar-refractivity contribution in [3.05, 3.63) is 34.1 Å². The minimum absolute atomic E-state index is 0.0262. The molecule has 2 heterocycles. The number of nitrogens with zero attached hydrogens (tertiary/aromatic N) is 1. The van der Waals surface area contributed by atoms with Gasteiger partial charge in [0.05, 0.1) is 18.0 Å². The third kappa shape index (κ3) is 3.65. The van der Waals surface area contributed by atoms with E-state index in [1.165, 1.54) is 0 Å². The zero-order valence-corrected chi connectivity index (χ0v) is 12.1. The van der Waals surface area contributed by atoms with Crippen molar-refractivity contribution in [2.45, 2.75) is 26.5 Å². The molecule has 19 heavy (non-hydrogen) atoms. The topological polar surface area (TPSA) is 54.3 Å². The number of aliphatic hydroxyl groups is 1. The second-order valence-electron chi connectivity index (χ2n) is 5.18. The lowest BCUT2D eigenvalue weighted by atomic mass is 10.2. The Morgan fingerprint density at radius 3 is 2.89 bits per heavy atom. The number of hydrogen-bond acceptors (Lipinski definition) is 4. The summed E-state index contributed by atoms with van der Waals surface area (Å²) in [6.07, 6.45) is 1.21. The zero-order valence-electron chi connectivity index (χ0n) is 11.3. The first-order chi connectivity index (χ1) is 9.08. The molecule has 2 aromatic rings. The SMILES string of the molecule is CC(C)CNCC(O)Cn1ccc2sccc2c1=O. The van der Waals surface area contributed by atoms with Gasteiger partial charge in [-0.3, -0.25) is 4.79 Å². The molecular weight excluding hydrogens is 260 g/mol. The molecule has 0 saturated heterocycles. The minimum Gasteiger partial charge on any atom is -0.390 e. The fourth-order valence-electron chi connectivity index (χ4n) is 1.98. The molecule has 2 aromatic heterocycles. The summed E-state index contributed by atoms with van der Waals surface area (Å²) in [6, 6.07) is 3.76. The van der Waals surface area contributed by atoms with Crippen LogP contribution in [0.1, 0.15) is 13.8 Å². The maximum Gasteiger partial charge on any atom is 0.259 e. The number of pyridine rings is 1. The summed E-state index contributed by atoms with van der Waals surface area (Å²) in [5, 5.41) is 15.8. The molecule has 5 heteroatoms. The van der Waals surface area contributed by atoms with Gasteiger partial charge in [0.25, 0.3) is 5.56 Å². The number of nitrogens with one attached hydrogen (secondary N) is 1. The number of fused-ring (bicyclic) bond motifs is 1. The standard InChI is InChI=1S/C14H20N2O2S/c1-10(2)7-15-8-11(17)9-16-5-3-13-12(14(16)18)4-6-19-13/h3-6,10-11,15,17H,7-9H2,1-2H3. The first kappa shape index (κ1) is 14.2. The number of aromatic nitrogens is 1.